The number of imidazole rings is 1. The first-order valence-electron chi connectivity index (χ1n) is 10.5. The highest BCUT2D eigenvalue weighted by Crippen LogP contribution is 2.28. The summed E-state index contributed by atoms with van der Waals surface area (Å²) in [5.74, 6) is 0.893. The number of aryl methyl sites for hydroxylation is 2. The summed E-state index contributed by atoms with van der Waals surface area (Å²) in [7, 11) is 0. The number of aromatic nitrogens is 2. The number of fused-ring (bicyclic) bond motifs is 2. The van der Waals surface area contributed by atoms with E-state index in [4.69, 9.17) is 4.74 Å². The monoisotopic (exact) mass is 403 g/mol. The van der Waals surface area contributed by atoms with Crippen LogP contribution >= 0.6 is 0 Å². The van der Waals surface area contributed by atoms with Crippen LogP contribution in [-0.4, -0.2) is 33.9 Å². The molecule has 2 N–H and O–H groups in total. The first-order chi connectivity index (χ1) is 14.6. The maximum Gasteiger partial charge on any atom is 0.124 e. The van der Waals surface area contributed by atoms with E-state index in [9.17, 15) is 5.11 Å². The number of aliphatic hydroxyl groups is 1. The lowest BCUT2D eigenvalue weighted by Gasteiger charge is -2.17. The third-order valence-electron chi connectivity index (χ3n) is 5.62. The molecule has 0 amide bonds. The highest BCUT2D eigenvalue weighted by atomic mass is 16.5. The van der Waals surface area contributed by atoms with Gasteiger partial charge in [0, 0.05) is 18.7 Å². The Kier molecular flexibility index (Phi) is 6.02. The predicted molar refractivity (Wildman–Crippen MR) is 122 cm³/mol. The van der Waals surface area contributed by atoms with E-state index >= 15 is 0 Å². The molecule has 4 aromatic rings. The van der Waals surface area contributed by atoms with Crippen molar-refractivity contribution in [3.05, 3.63) is 71.5 Å². The van der Waals surface area contributed by atoms with Gasteiger partial charge in [0.25, 0.3) is 0 Å². The molecule has 0 fully saturated rings. The SMILES string of the molecule is CCOc1ccc2ccccc2c1CNC[C@H](O)Cn1cnc2cc(C)c(C)cc21. The van der Waals surface area contributed by atoms with Crippen LogP contribution in [0.15, 0.2) is 54.9 Å². The van der Waals surface area contributed by atoms with E-state index in [1.165, 1.54) is 21.9 Å². The van der Waals surface area contributed by atoms with Gasteiger partial charge in [-0.2, -0.15) is 0 Å². The van der Waals surface area contributed by atoms with E-state index in [1.54, 1.807) is 0 Å². The first kappa shape index (κ1) is 20.4. The van der Waals surface area contributed by atoms with Gasteiger partial charge in [-0.1, -0.05) is 30.3 Å². The summed E-state index contributed by atoms with van der Waals surface area (Å²) in [6, 6.07) is 16.7. The Morgan fingerprint density at radius 1 is 1.10 bits per heavy atom. The standard InChI is InChI=1S/C25H29N3O2/c1-4-30-25-10-9-19-7-5-6-8-21(19)22(25)14-26-13-20(29)15-28-16-27-23-11-17(2)18(3)12-24(23)28/h5-12,16,20,26,29H,4,13-15H2,1-3H3/t20-/m0/s1. The number of aliphatic hydroxyl groups excluding tert-OH is 1. The van der Waals surface area contributed by atoms with E-state index in [-0.39, 0.29) is 0 Å². The average molecular weight is 404 g/mol. The molecule has 0 aliphatic heterocycles. The van der Waals surface area contributed by atoms with Crippen LogP contribution in [0, 0.1) is 13.8 Å². The molecule has 0 bridgehead atoms. The van der Waals surface area contributed by atoms with Crippen LogP contribution in [0.5, 0.6) is 5.75 Å². The summed E-state index contributed by atoms with van der Waals surface area (Å²) in [5.41, 5.74) is 5.62. The summed E-state index contributed by atoms with van der Waals surface area (Å²) in [5, 5.41) is 16.4. The molecule has 0 spiro atoms. The Labute approximate surface area is 177 Å². The summed E-state index contributed by atoms with van der Waals surface area (Å²) < 4.78 is 7.87. The molecule has 0 aliphatic rings. The van der Waals surface area contributed by atoms with Gasteiger partial charge in [0.2, 0.25) is 0 Å². The summed E-state index contributed by atoms with van der Waals surface area (Å²) in [4.78, 5) is 4.48. The Morgan fingerprint density at radius 2 is 1.90 bits per heavy atom. The van der Waals surface area contributed by atoms with Gasteiger partial charge in [-0.05, 0) is 60.9 Å². The number of hydrogen-bond acceptors (Lipinski definition) is 4. The first-order valence-corrected chi connectivity index (χ1v) is 10.5. The van der Waals surface area contributed by atoms with Crippen LogP contribution in [0.25, 0.3) is 21.8 Å². The van der Waals surface area contributed by atoms with E-state index in [0.29, 0.717) is 26.2 Å². The molecule has 1 atom stereocenters. The van der Waals surface area contributed by atoms with Crippen molar-refractivity contribution in [2.45, 2.75) is 40.0 Å². The van der Waals surface area contributed by atoms with Crippen molar-refractivity contribution in [1.29, 1.82) is 0 Å². The molecule has 5 nitrogen and oxygen atoms in total. The quantitative estimate of drug-likeness (QED) is 0.459. The Morgan fingerprint density at radius 3 is 2.73 bits per heavy atom. The fourth-order valence-corrected chi connectivity index (χ4v) is 3.90. The molecule has 4 rings (SSSR count). The minimum absolute atomic E-state index is 0.485. The second kappa shape index (κ2) is 8.86. The second-order valence-corrected chi connectivity index (χ2v) is 7.80. The lowest BCUT2D eigenvalue weighted by atomic mass is 10.0. The maximum absolute atomic E-state index is 10.6. The van der Waals surface area contributed by atoms with Crippen molar-refractivity contribution >= 4 is 21.8 Å². The van der Waals surface area contributed by atoms with Gasteiger partial charge in [-0.3, -0.25) is 0 Å². The van der Waals surface area contributed by atoms with Crippen molar-refractivity contribution in [2.75, 3.05) is 13.2 Å². The summed E-state index contributed by atoms with van der Waals surface area (Å²) in [6.45, 7) is 8.44. The van der Waals surface area contributed by atoms with E-state index < -0.39 is 6.10 Å². The number of benzene rings is 3. The van der Waals surface area contributed by atoms with E-state index in [0.717, 1.165) is 22.3 Å². The molecule has 1 aromatic heterocycles. The molecule has 1 heterocycles. The van der Waals surface area contributed by atoms with Crippen molar-refractivity contribution in [1.82, 2.24) is 14.9 Å². The third-order valence-corrected chi connectivity index (χ3v) is 5.62. The molecular formula is C25H29N3O2. The second-order valence-electron chi connectivity index (χ2n) is 7.80. The summed E-state index contributed by atoms with van der Waals surface area (Å²) in [6.07, 6.45) is 1.29. The predicted octanol–water partition coefficient (Wildman–Crippen LogP) is 4.36. The Hall–Kier alpha value is -2.89. The van der Waals surface area contributed by atoms with Gasteiger partial charge in [-0.15, -0.1) is 0 Å². The normalized spacial score (nSPS) is 12.5. The van der Waals surface area contributed by atoms with Crippen molar-refractivity contribution in [3.8, 4) is 5.75 Å². The van der Waals surface area contributed by atoms with Gasteiger partial charge >= 0.3 is 0 Å². The molecular weight excluding hydrogens is 374 g/mol. The van der Waals surface area contributed by atoms with Gasteiger partial charge in [0.15, 0.2) is 0 Å². The van der Waals surface area contributed by atoms with Crippen LogP contribution in [0.4, 0.5) is 0 Å². The van der Waals surface area contributed by atoms with Crippen LogP contribution in [-0.2, 0) is 13.1 Å². The molecule has 30 heavy (non-hydrogen) atoms. The van der Waals surface area contributed by atoms with Crippen LogP contribution in [0.2, 0.25) is 0 Å². The largest absolute Gasteiger partial charge is 0.494 e. The van der Waals surface area contributed by atoms with E-state index in [1.807, 2.05) is 36.0 Å². The molecule has 0 unspecified atom stereocenters. The lowest BCUT2D eigenvalue weighted by Crippen LogP contribution is -2.30. The van der Waals surface area contributed by atoms with Crippen LogP contribution in [0.3, 0.4) is 0 Å². The molecule has 0 radical (unpaired) electrons. The van der Waals surface area contributed by atoms with Gasteiger partial charge in [0.1, 0.15) is 5.75 Å². The molecule has 3 aromatic carbocycles. The number of nitrogens with zero attached hydrogens (tertiary/aromatic N) is 2. The zero-order valence-corrected chi connectivity index (χ0v) is 17.9. The van der Waals surface area contributed by atoms with Gasteiger partial charge in [0.05, 0.1) is 36.6 Å². The number of hydrogen-bond donors (Lipinski definition) is 2. The maximum atomic E-state index is 10.6. The van der Waals surface area contributed by atoms with Gasteiger partial charge in [-0.25, -0.2) is 4.98 Å². The zero-order chi connectivity index (χ0) is 21.1. The number of ether oxygens (including phenoxy) is 1. The zero-order valence-electron chi connectivity index (χ0n) is 17.9. The smallest absolute Gasteiger partial charge is 0.124 e. The highest BCUT2D eigenvalue weighted by molar-refractivity contribution is 5.87. The fraction of sp³-hybridized carbons (Fsp3) is 0.320. The van der Waals surface area contributed by atoms with Crippen molar-refractivity contribution in [3.63, 3.8) is 0 Å². The molecule has 156 valence electrons. The van der Waals surface area contributed by atoms with Gasteiger partial charge < -0.3 is 19.7 Å². The molecule has 0 aliphatic carbocycles. The Balaban J connectivity index is 1.45. The third kappa shape index (κ3) is 4.18. The van der Waals surface area contributed by atoms with Crippen LogP contribution in [0.1, 0.15) is 23.6 Å². The minimum Gasteiger partial charge on any atom is -0.494 e. The van der Waals surface area contributed by atoms with E-state index in [2.05, 4.69) is 54.5 Å². The lowest BCUT2D eigenvalue weighted by molar-refractivity contribution is 0.152. The number of nitrogens with one attached hydrogen (secondary N) is 1. The topological polar surface area (TPSA) is 59.3 Å². The Bertz CT molecular complexity index is 1170. The molecule has 0 saturated carbocycles. The van der Waals surface area contributed by atoms with Crippen molar-refractivity contribution < 1.29 is 9.84 Å². The highest BCUT2D eigenvalue weighted by Gasteiger charge is 2.12. The fourth-order valence-electron chi connectivity index (χ4n) is 3.90. The van der Waals surface area contributed by atoms with Crippen molar-refractivity contribution in [2.24, 2.45) is 0 Å². The van der Waals surface area contributed by atoms with Crippen LogP contribution < -0.4 is 10.1 Å². The number of rotatable bonds is 8. The molecule has 5 heteroatoms. The minimum atomic E-state index is -0.519. The molecule has 0 saturated heterocycles. The summed E-state index contributed by atoms with van der Waals surface area (Å²) >= 11 is 0. The average Bonchev–Trinajstić information content (AvgIpc) is 3.11.